The molecule has 0 aliphatic carbocycles. The predicted octanol–water partition coefficient (Wildman–Crippen LogP) is 1.29. The molecule has 332 valence electrons. The maximum absolute atomic E-state index is 16.5. The summed E-state index contributed by atoms with van der Waals surface area (Å²) in [5.74, 6) is -1.43. The molecule has 26 nitrogen and oxygen atoms in total. The van der Waals surface area contributed by atoms with E-state index in [1.807, 2.05) is 0 Å². The SMILES string of the molecule is CN(CCOC(=O)Nc1ncnc2c1ncn2[C@@H]1O[C@@H]2COP(O)(=S)O[C@@H]3C(COP(=O)(S)O[C@H]2[C@H]1F)O[C@@H](n1cnc2c(N)ncnc21)[C@@H]3F)C(=O)OCN1C(=O)C=CC1=O. The van der Waals surface area contributed by atoms with Gasteiger partial charge in [0.25, 0.3) is 11.8 Å². The molecule has 8 heterocycles. The van der Waals surface area contributed by atoms with Crippen molar-refractivity contribution >= 4 is 95.5 Å². The molecule has 62 heavy (non-hydrogen) atoms. The minimum atomic E-state index is -4.53. The van der Waals surface area contributed by atoms with Gasteiger partial charge in [0.1, 0.15) is 49.2 Å². The highest BCUT2D eigenvalue weighted by Gasteiger charge is 2.54. The molecule has 0 spiro atoms. The van der Waals surface area contributed by atoms with Crippen LogP contribution in [-0.2, 0) is 63.0 Å². The molecule has 4 aliphatic heterocycles. The molecule has 3 unspecified atom stereocenters. The lowest BCUT2D eigenvalue weighted by Crippen LogP contribution is -2.37. The fraction of sp³-hybridized carbons (Fsp3) is 0.467. The third kappa shape index (κ3) is 8.85. The van der Waals surface area contributed by atoms with Gasteiger partial charge in [-0.2, -0.15) is 0 Å². The summed E-state index contributed by atoms with van der Waals surface area (Å²) in [5, 5.41) is 2.37. The molecule has 0 saturated carbocycles. The van der Waals surface area contributed by atoms with Crippen molar-refractivity contribution in [1.82, 2.24) is 48.8 Å². The Morgan fingerprint density at radius 2 is 1.52 bits per heavy atom. The number of ether oxygens (including phenoxy) is 4. The number of thiol groups is 1. The van der Waals surface area contributed by atoms with Gasteiger partial charge in [0.05, 0.1) is 32.4 Å². The second-order valence-electron chi connectivity index (χ2n) is 13.5. The molecule has 3 saturated heterocycles. The minimum absolute atomic E-state index is 0.0200. The molecule has 0 radical (unpaired) electrons. The van der Waals surface area contributed by atoms with Crippen LogP contribution in [0.3, 0.4) is 0 Å². The number of nitrogens with zero attached hydrogens (tertiary/aromatic N) is 10. The second kappa shape index (κ2) is 17.4. The lowest BCUT2D eigenvalue weighted by molar-refractivity contribution is -0.141. The topological polar surface area (TPSA) is 311 Å². The monoisotopic (exact) mass is 948 g/mol. The zero-order valence-corrected chi connectivity index (χ0v) is 34.9. The zero-order chi connectivity index (χ0) is 44.1. The Morgan fingerprint density at radius 3 is 2.18 bits per heavy atom. The van der Waals surface area contributed by atoms with Crippen LogP contribution in [0.4, 0.5) is 30.0 Å². The van der Waals surface area contributed by atoms with Crippen molar-refractivity contribution in [3.63, 3.8) is 0 Å². The van der Waals surface area contributed by atoms with Crippen LogP contribution >= 0.6 is 25.8 Å². The smallest absolute Gasteiger partial charge is 0.412 e. The van der Waals surface area contributed by atoms with Crippen LogP contribution in [-0.4, -0.2) is 155 Å². The van der Waals surface area contributed by atoms with Crippen molar-refractivity contribution in [1.29, 1.82) is 0 Å². The normalized spacial score (nSPS) is 31.4. The first-order chi connectivity index (χ1) is 29.5. The number of anilines is 2. The van der Waals surface area contributed by atoms with Gasteiger partial charge in [0.2, 0.25) is 0 Å². The number of hydrogen-bond acceptors (Lipinski definition) is 21. The first-order valence-corrected chi connectivity index (χ1v) is 23.1. The summed E-state index contributed by atoms with van der Waals surface area (Å²) in [6.45, 7) is -11.5. The molecule has 32 heteroatoms. The Morgan fingerprint density at radius 1 is 0.935 bits per heavy atom. The number of hydrogen-bond donors (Lipinski definition) is 4. The summed E-state index contributed by atoms with van der Waals surface area (Å²) in [4.78, 5) is 85.4. The summed E-state index contributed by atoms with van der Waals surface area (Å²) >= 11 is 9.22. The fourth-order valence-corrected chi connectivity index (χ4v) is 9.45. The van der Waals surface area contributed by atoms with Gasteiger partial charge in [-0.05, 0) is 11.8 Å². The number of carbonyl (C=O) groups excluding carboxylic acids is 4. The molecule has 0 bridgehead atoms. The second-order valence-corrected chi connectivity index (χ2v) is 19.1. The van der Waals surface area contributed by atoms with Gasteiger partial charge in [-0.1, -0.05) is 12.2 Å². The zero-order valence-electron chi connectivity index (χ0n) is 31.4. The number of imidazole rings is 2. The molecule has 4 N–H and O–H groups in total. The molecule has 8 rings (SSSR count). The molecule has 0 aromatic carbocycles. The van der Waals surface area contributed by atoms with Crippen LogP contribution < -0.4 is 11.1 Å². The first kappa shape index (κ1) is 43.8. The van der Waals surface area contributed by atoms with Gasteiger partial charge in [0.15, 0.2) is 60.0 Å². The minimum Gasteiger partial charge on any atom is -0.447 e. The number of alkyl halides is 2. The molecule has 4 aromatic heterocycles. The van der Waals surface area contributed by atoms with E-state index in [0.29, 0.717) is 4.90 Å². The summed E-state index contributed by atoms with van der Waals surface area (Å²) < 4.78 is 92.5. The fourth-order valence-electron chi connectivity index (χ4n) is 6.53. The highest BCUT2D eigenvalue weighted by atomic mass is 32.7. The summed E-state index contributed by atoms with van der Waals surface area (Å²) in [5.41, 5.74) is 6.00. The van der Waals surface area contributed by atoms with E-state index in [2.05, 4.69) is 47.5 Å². The van der Waals surface area contributed by atoms with E-state index in [0.717, 1.165) is 40.6 Å². The number of fused-ring (bicyclic) bond motifs is 4. The summed E-state index contributed by atoms with van der Waals surface area (Å²) in [7, 11) is 1.32. The lowest BCUT2D eigenvalue weighted by atomic mass is 10.1. The van der Waals surface area contributed by atoms with Crippen molar-refractivity contribution in [2.24, 2.45) is 0 Å². The van der Waals surface area contributed by atoms with Gasteiger partial charge in [-0.15, -0.1) is 0 Å². The van der Waals surface area contributed by atoms with E-state index in [1.165, 1.54) is 17.9 Å². The average Bonchev–Trinajstić information content (AvgIpc) is 4.04. The Balaban J connectivity index is 0.915. The van der Waals surface area contributed by atoms with Crippen molar-refractivity contribution in [2.75, 3.05) is 51.2 Å². The van der Waals surface area contributed by atoms with Crippen LogP contribution in [0, 0.1) is 0 Å². The molecular formula is C30H32F2N12O14P2S2. The molecular weight excluding hydrogens is 916 g/mol. The highest BCUT2D eigenvalue weighted by Crippen LogP contribution is 2.58. The van der Waals surface area contributed by atoms with Gasteiger partial charge in [-0.3, -0.25) is 37.6 Å². The number of amides is 4. The number of nitrogens with two attached hydrogens (primary N) is 1. The third-order valence-corrected chi connectivity index (χ3v) is 12.7. The number of aromatic nitrogens is 8. The van der Waals surface area contributed by atoms with E-state index in [9.17, 15) is 28.6 Å². The number of nitrogens with one attached hydrogen (secondary N) is 1. The quantitative estimate of drug-likeness (QED) is 0.110. The number of likely N-dealkylation sites (N-methyl/N-ethyl adjacent to an activating group) is 1. The summed E-state index contributed by atoms with van der Waals surface area (Å²) in [6.07, 6.45) is -9.09. The van der Waals surface area contributed by atoms with E-state index < -0.39 is 107 Å². The Kier molecular flexibility index (Phi) is 12.3. The molecule has 4 aromatic rings. The number of imide groups is 1. The highest BCUT2D eigenvalue weighted by molar-refractivity contribution is 8.44. The lowest BCUT2D eigenvalue weighted by Gasteiger charge is -2.29. The maximum Gasteiger partial charge on any atom is 0.412 e. The number of rotatable bonds is 8. The Hall–Kier alpha value is -4.87. The van der Waals surface area contributed by atoms with Crippen molar-refractivity contribution in [3.05, 3.63) is 37.5 Å². The van der Waals surface area contributed by atoms with Gasteiger partial charge in [0, 0.05) is 19.2 Å². The van der Waals surface area contributed by atoms with Crippen LogP contribution in [0.1, 0.15) is 12.5 Å². The summed E-state index contributed by atoms with van der Waals surface area (Å²) in [6, 6.07) is 0. The van der Waals surface area contributed by atoms with Gasteiger partial charge < -0.3 is 39.0 Å². The average molecular weight is 949 g/mol. The van der Waals surface area contributed by atoms with E-state index in [1.54, 1.807) is 0 Å². The number of halogens is 2. The Labute approximate surface area is 355 Å². The van der Waals surface area contributed by atoms with Gasteiger partial charge >= 0.3 is 25.7 Å². The first-order valence-electron chi connectivity index (χ1n) is 17.9. The molecule has 10 atom stereocenters. The van der Waals surface area contributed by atoms with Crippen molar-refractivity contribution in [2.45, 2.75) is 49.2 Å². The number of nitrogen functional groups attached to an aromatic ring is 1. The van der Waals surface area contributed by atoms with Crippen molar-refractivity contribution < 1.29 is 74.5 Å². The third-order valence-electron chi connectivity index (χ3n) is 9.55. The van der Waals surface area contributed by atoms with E-state index in [4.69, 9.17) is 54.6 Å². The molecule has 4 amide bonds. The molecule has 4 aliphatic rings. The van der Waals surface area contributed by atoms with Crippen LogP contribution in [0.2, 0.25) is 0 Å². The van der Waals surface area contributed by atoms with E-state index >= 15 is 8.78 Å². The van der Waals surface area contributed by atoms with Gasteiger partial charge in [-0.25, -0.2) is 57.7 Å². The van der Waals surface area contributed by atoms with Crippen molar-refractivity contribution in [3.8, 4) is 0 Å². The standard InChI is InChI=1S/C30H32F2N12O14P2S2/c1-41(30(48)52-12-44-15(45)2-3-16(44)46)4-5-51-29(47)40-24-20-26(37-9-35-24)43(11-39-20)28-18(32)22-14(56-28)7-54-59(49,61)57-21-13(6-53-60(50,62)58-22)55-27(17(21)31)42-10-38-19-23(33)34-8-36-25(19)42/h2-3,8-11,13-14,17-18,21-22,27-28H,4-7,12H2,1H3,(H,49,61)(H,50,62)(H2,33,34,36)(H,35,37,40,47)/t13?,14-,17-,18-,21-,22-,27-,28-,59?,60?/m1/s1. The van der Waals surface area contributed by atoms with Crippen LogP contribution in [0.25, 0.3) is 22.3 Å². The Bertz CT molecular complexity index is 2540. The largest absolute Gasteiger partial charge is 0.447 e. The molecule has 3 fully saturated rings. The number of carbonyl (C=O) groups is 4. The van der Waals surface area contributed by atoms with Crippen LogP contribution in [0.15, 0.2) is 37.5 Å². The maximum atomic E-state index is 16.5. The van der Waals surface area contributed by atoms with E-state index in [-0.39, 0.29) is 47.1 Å². The predicted molar refractivity (Wildman–Crippen MR) is 207 cm³/mol. The van der Waals surface area contributed by atoms with Crippen LogP contribution in [0.5, 0.6) is 0 Å².